The van der Waals surface area contributed by atoms with Crippen LogP contribution in [0, 0.1) is 0 Å². The molecule has 0 aliphatic carbocycles. The summed E-state index contributed by atoms with van der Waals surface area (Å²) in [5, 5.41) is 23.3. The Hall–Kier alpha value is -1.14. The predicted octanol–water partition coefficient (Wildman–Crippen LogP) is 2.89. The molecule has 0 aliphatic heterocycles. The van der Waals surface area contributed by atoms with Gasteiger partial charge in [0.15, 0.2) is 5.82 Å². The molecule has 1 aromatic heterocycles. The number of aromatic carboxylic acids is 1. The lowest BCUT2D eigenvalue weighted by atomic mass is 10.3. The van der Waals surface area contributed by atoms with Crippen LogP contribution in [0.2, 0.25) is 10.0 Å². The Morgan fingerprint density at radius 3 is 2.20 bits per heavy atom. The fourth-order valence-electron chi connectivity index (χ4n) is 1.72. The zero-order valence-corrected chi connectivity index (χ0v) is 19.0. The van der Waals surface area contributed by atoms with Crippen molar-refractivity contribution in [1.29, 1.82) is 0 Å². The number of hydrogen-bond acceptors (Lipinski definition) is 6. The van der Waals surface area contributed by atoms with Crippen LogP contribution < -0.4 is 5.32 Å². The summed E-state index contributed by atoms with van der Waals surface area (Å²) in [7, 11) is -4.10. The van der Waals surface area contributed by atoms with Crippen LogP contribution in [-0.2, 0) is 13.2 Å². The van der Waals surface area contributed by atoms with Gasteiger partial charge in [-0.05, 0) is 18.2 Å². The van der Waals surface area contributed by atoms with Crippen LogP contribution in [0.5, 0.6) is 0 Å². The summed E-state index contributed by atoms with van der Waals surface area (Å²) in [5.41, 5.74) is 0.289. The van der Waals surface area contributed by atoms with Gasteiger partial charge in [0, 0.05) is 5.02 Å². The third-order valence-corrected chi connectivity index (χ3v) is 4.46. The molecule has 0 spiro atoms. The summed E-state index contributed by atoms with van der Waals surface area (Å²) < 4.78 is 9.13. The molecule has 17 heteroatoms. The minimum Gasteiger partial charge on any atom is -0.480 e. The van der Waals surface area contributed by atoms with Gasteiger partial charge in [-0.3, -0.25) is 14.7 Å². The number of aromatic nitrogens is 3. The van der Waals surface area contributed by atoms with E-state index >= 15 is 0 Å². The molecule has 2 aromatic rings. The second kappa shape index (κ2) is 10.9. The molecular weight excluding hydrogens is 532 g/mol. The summed E-state index contributed by atoms with van der Waals surface area (Å²) in [6.07, 6.45) is -0.598. The van der Waals surface area contributed by atoms with Crippen molar-refractivity contribution in [3.05, 3.63) is 39.9 Å². The van der Waals surface area contributed by atoms with Gasteiger partial charge >= 0.3 is 19.5 Å². The zero-order valence-electron chi connectivity index (χ0n) is 14.3. The van der Waals surface area contributed by atoms with E-state index in [4.69, 9.17) is 78.0 Å². The van der Waals surface area contributed by atoms with Crippen molar-refractivity contribution in [2.24, 2.45) is 0 Å². The van der Waals surface area contributed by atoms with E-state index < -0.39 is 42.0 Å². The van der Waals surface area contributed by atoms with Gasteiger partial charge in [0.2, 0.25) is 3.79 Å². The SMILES string of the molecule is O=C(O)CNCP(=O)(O)O.O=C(O)c1nc(C(Cl)(Cl)Cl)n(-c2ccc(Cl)cc2Cl)n1. The Bertz CT molecular complexity index is 975. The highest BCUT2D eigenvalue weighted by Gasteiger charge is 2.33. The standard InChI is InChI=1S/C10H4Cl5N3O2.C3H8NO5P/c11-4-1-2-6(5(12)3-4)18-9(10(13,14)15)16-7(17-18)8(19)20;5-3(6)1-4-2-10(7,8)9/h1-3H,(H,19,20);4H,1-2H2,(H,5,6)(H2,7,8,9). The highest BCUT2D eigenvalue weighted by atomic mass is 35.6. The predicted molar refractivity (Wildman–Crippen MR) is 110 cm³/mol. The first-order chi connectivity index (χ1) is 13.6. The highest BCUT2D eigenvalue weighted by Crippen LogP contribution is 2.39. The molecule has 2 rings (SSSR count). The number of alkyl halides is 3. The van der Waals surface area contributed by atoms with E-state index in [0.29, 0.717) is 5.02 Å². The summed E-state index contributed by atoms with van der Waals surface area (Å²) in [6.45, 7) is -0.439. The van der Waals surface area contributed by atoms with Crippen LogP contribution in [0.15, 0.2) is 18.2 Å². The van der Waals surface area contributed by atoms with Crippen LogP contribution in [0.25, 0.3) is 5.69 Å². The number of benzene rings is 1. The monoisotopic (exact) mass is 542 g/mol. The first kappa shape index (κ1) is 26.9. The van der Waals surface area contributed by atoms with Crippen molar-refractivity contribution in [2.45, 2.75) is 3.79 Å². The van der Waals surface area contributed by atoms with E-state index in [2.05, 4.69) is 15.4 Å². The Kier molecular flexibility index (Phi) is 9.81. The Morgan fingerprint density at radius 1 is 1.17 bits per heavy atom. The number of aliphatic carboxylic acids is 1. The zero-order chi connectivity index (χ0) is 23.3. The topological polar surface area (TPSA) is 175 Å². The van der Waals surface area contributed by atoms with Gasteiger partial charge in [-0.2, -0.15) is 0 Å². The van der Waals surface area contributed by atoms with E-state index in [-0.39, 0.29) is 16.5 Å². The normalized spacial score (nSPS) is 11.6. The van der Waals surface area contributed by atoms with Gasteiger partial charge in [-0.15, -0.1) is 5.10 Å². The molecule has 1 heterocycles. The van der Waals surface area contributed by atoms with Gasteiger partial charge in [-0.25, -0.2) is 14.5 Å². The largest absolute Gasteiger partial charge is 0.480 e. The van der Waals surface area contributed by atoms with Crippen molar-refractivity contribution < 1.29 is 34.2 Å². The minimum atomic E-state index is -4.10. The van der Waals surface area contributed by atoms with Crippen molar-refractivity contribution >= 4 is 77.5 Å². The maximum Gasteiger partial charge on any atom is 0.375 e. The molecule has 0 saturated heterocycles. The van der Waals surface area contributed by atoms with Crippen molar-refractivity contribution in [1.82, 2.24) is 20.1 Å². The average molecular weight is 544 g/mol. The van der Waals surface area contributed by atoms with Crippen LogP contribution in [-0.4, -0.2) is 59.5 Å². The summed E-state index contributed by atoms with van der Waals surface area (Å²) >= 11 is 29.1. The number of hydrogen-bond donors (Lipinski definition) is 5. The first-order valence-electron chi connectivity index (χ1n) is 7.32. The maximum absolute atomic E-state index is 10.9. The Labute approximate surface area is 193 Å². The third kappa shape index (κ3) is 8.93. The Balaban J connectivity index is 0.000000382. The number of nitrogens with one attached hydrogen (secondary N) is 1. The van der Waals surface area contributed by atoms with Crippen LogP contribution >= 0.6 is 65.6 Å². The molecule has 0 bridgehead atoms. The number of halogens is 5. The van der Waals surface area contributed by atoms with Crippen molar-refractivity contribution in [3.8, 4) is 5.69 Å². The summed E-state index contributed by atoms with van der Waals surface area (Å²) in [5.74, 6) is -3.21. The van der Waals surface area contributed by atoms with E-state index in [0.717, 1.165) is 4.68 Å². The molecule has 166 valence electrons. The first-order valence-corrected chi connectivity index (χ1v) is 11.0. The minimum absolute atomic E-state index is 0.191. The average Bonchev–Trinajstić information content (AvgIpc) is 2.99. The van der Waals surface area contributed by atoms with Gasteiger partial charge in [0.1, 0.15) is 0 Å². The molecule has 30 heavy (non-hydrogen) atoms. The molecule has 0 fully saturated rings. The summed E-state index contributed by atoms with van der Waals surface area (Å²) in [4.78, 5) is 40.8. The second-order valence-electron chi connectivity index (χ2n) is 5.21. The summed E-state index contributed by atoms with van der Waals surface area (Å²) in [6, 6.07) is 4.49. The van der Waals surface area contributed by atoms with Crippen LogP contribution in [0.1, 0.15) is 16.4 Å². The van der Waals surface area contributed by atoms with Gasteiger partial charge < -0.3 is 20.0 Å². The highest BCUT2D eigenvalue weighted by molar-refractivity contribution is 7.51. The molecule has 0 saturated carbocycles. The molecule has 0 aliphatic rings. The number of nitrogens with zero attached hydrogens (tertiary/aromatic N) is 3. The number of carboxylic acid groups (broad SMARTS) is 2. The van der Waals surface area contributed by atoms with Crippen LogP contribution in [0.3, 0.4) is 0 Å². The van der Waals surface area contributed by atoms with Crippen LogP contribution in [0.4, 0.5) is 0 Å². The lowest BCUT2D eigenvalue weighted by Gasteiger charge is -2.12. The maximum atomic E-state index is 10.9. The van der Waals surface area contributed by atoms with Gasteiger partial charge in [0.05, 0.1) is 23.5 Å². The lowest BCUT2D eigenvalue weighted by Crippen LogP contribution is -2.23. The van der Waals surface area contributed by atoms with E-state index in [1.54, 1.807) is 0 Å². The number of rotatable bonds is 6. The molecule has 5 N–H and O–H groups in total. The number of carbonyl (C=O) groups is 2. The fraction of sp³-hybridized carbons (Fsp3) is 0.231. The molecule has 0 unspecified atom stereocenters. The smallest absolute Gasteiger partial charge is 0.375 e. The van der Waals surface area contributed by atoms with E-state index in [1.807, 2.05) is 0 Å². The van der Waals surface area contributed by atoms with Gasteiger partial charge in [-0.1, -0.05) is 58.0 Å². The lowest BCUT2D eigenvalue weighted by molar-refractivity contribution is -0.135. The fourth-order valence-corrected chi connectivity index (χ4v) is 2.97. The molecule has 0 amide bonds. The van der Waals surface area contributed by atoms with Gasteiger partial charge in [0.25, 0.3) is 5.82 Å². The Morgan fingerprint density at radius 2 is 1.77 bits per heavy atom. The molecule has 11 nitrogen and oxygen atoms in total. The quantitative estimate of drug-likeness (QED) is 0.269. The molecular formula is C13H12Cl5N4O7P. The molecule has 0 atom stereocenters. The second-order valence-corrected chi connectivity index (χ2v) is 9.98. The molecule has 1 aromatic carbocycles. The van der Waals surface area contributed by atoms with Crippen molar-refractivity contribution in [2.75, 3.05) is 12.8 Å². The molecule has 0 radical (unpaired) electrons. The number of carboxylic acids is 2. The van der Waals surface area contributed by atoms with E-state index in [1.165, 1.54) is 18.2 Å². The van der Waals surface area contributed by atoms with Crippen molar-refractivity contribution in [3.63, 3.8) is 0 Å². The van der Waals surface area contributed by atoms with E-state index in [9.17, 15) is 14.2 Å². The third-order valence-electron chi connectivity index (χ3n) is 2.78.